The third kappa shape index (κ3) is 4.57. The largest absolute Gasteiger partial charge is 0.497 e. The lowest BCUT2D eigenvalue weighted by atomic mass is 10.1. The molecule has 0 atom stereocenters. The molecule has 0 bridgehead atoms. The minimum atomic E-state index is -0.296. The van der Waals surface area contributed by atoms with Crippen LogP contribution in [0.5, 0.6) is 5.75 Å². The zero-order valence-corrected chi connectivity index (χ0v) is 13.7. The van der Waals surface area contributed by atoms with E-state index in [0.29, 0.717) is 35.7 Å². The van der Waals surface area contributed by atoms with Crippen molar-refractivity contribution >= 4 is 17.5 Å². The topological polar surface area (TPSA) is 76.7 Å². The van der Waals surface area contributed by atoms with E-state index in [1.54, 1.807) is 62.8 Å². The number of carbonyl (C=O) groups excluding carboxylic acids is 2. The van der Waals surface area contributed by atoms with Gasteiger partial charge in [0.15, 0.2) is 0 Å². The number of amides is 2. The summed E-state index contributed by atoms with van der Waals surface area (Å²) in [6, 6.07) is 13.6. The highest BCUT2D eigenvalue weighted by molar-refractivity contribution is 6.09. The van der Waals surface area contributed by atoms with Crippen molar-refractivity contribution in [3.05, 3.63) is 59.7 Å². The van der Waals surface area contributed by atoms with E-state index in [0.717, 1.165) is 0 Å². The zero-order valence-electron chi connectivity index (χ0n) is 13.7. The number of methoxy groups -OCH3 is 2. The van der Waals surface area contributed by atoms with Crippen LogP contribution in [0.1, 0.15) is 20.7 Å². The van der Waals surface area contributed by atoms with Crippen LogP contribution in [0.15, 0.2) is 48.5 Å². The Morgan fingerprint density at radius 2 is 1.67 bits per heavy atom. The molecule has 2 amide bonds. The molecule has 0 aliphatic heterocycles. The lowest BCUT2D eigenvalue weighted by molar-refractivity contribution is 0.0938. The number of benzene rings is 2. The highest BCUT2D eigenvalue weighted by Gasteiger charge is 2.13. The van der Waals surface area contributed by atoms with Crippen LogP contribution in [0.25, 0.3) is 0 Å². The van der Waals surface area contributed by atoms with Crippen LogP contribution in [0.2, 0.25) is 0 Å². The summed E-state index contributed by atoms with van der Waals surface area (Å²) >= 11 is 0. The molecule has 0 aliphatic rings. The minimum Gasteiger partial charge on any atom is -0.497 e. The summed E-state index contributed by atoms with van der Waals surface area (Å²) in [6.45, 7) is 0.822. The molecule has 0 spiro atoms. The number of ether oxygens (including phenoxy) is 2. The quantitative estimate of drug-likeness (QED) is 0.765. The van der Waals surface area contributed by atoms with Gasteiger partial charge in [-0.3, -0.25) is 9.59 Å². The highest BCUT2D eigenvalue weighted by Crippen LogP contribution is 2.17. The maximum absolute atomic E-state index is 12.3. The number of hydrogen-bond donors (Lipinski definition) is 2. The van der Waals surface area contributed by atoms with Crippen LogP contribution in [-0.2, 0) is 4.74 Å². The van der Waals surface area contributed by atoms with Gasteiger partial charge in [0.25, 0.3) is 11.8 Å². The molecule has 0 saturated carbocycles. The third-order valence-electron chi connectivity index (χ3n) is 3.36. The van der Waals surface area contributed by atoms with Crippen LogP contribution in [0, 0.1) is 0 Å². The fourth-order valence-corrected chi connectivity index (χ4v) is 2.09. The van der Waals surface area contributed by atoms with Crippen molar-refractivity contribution in [3.63, 3.8) is 0 Å². The van der Waals surface area contributed by atoms with Crippen LogP contribution in [0.4, 0.5) is 5.69 Å². The second kappa shape index (κ2) is 8.69. The van der Waals surface area contributed by atoms with E-state index in [9.17, 15) is 9.59 Å². The van der Waals surface area contributed by atoms with E-state index in [4.69, 9.17) is 9.47 Å². The molecule has 24 heavy (non-hydrogen) atoms. The Bertz CT molecular complexity index is 698. The van der Waals surface area contributed by atoms with Crippen LogP contribution >= 0.6 is 0 Å². The van der Waals surface area contributed by atoms with E-state index in [-0.39, 0.29) is 11.8 Å². The predicted octanol–water partition coefficient (Wildman–Crippen LogP) is 2.32. The summed E-state index contributed by atoms with van der Waals surface area (Å²) in [5.41, 5.74) is 1.33. The van der Waals surface area contributed by atoms with E-state index >= 15 is 0 Å². The van der Waals surface area contributed by atoms with Crippen LogP contribution in [-0.4, -0.2) is 39.2 Å². The number of anilines is 1. The first-order valence-corrected chi connectivity index (χ1v) is 7.47. The van der Waals surface area contributed by atoms with E-state index in [1.165, 1.54) is 0 Å². The van der Waals surface area contributed by atoms with Gasteiger partial charge in [-0.1, -0.05) is 12.1 Å². The standard InChI is InChI=1S/C18H20N2O4/c1-23-12-11-19-18(22)15-5-3-4-6-16(15)20-17(21)13-7-9-14(24-2)10-8-13/h3-10H,11-12H2,1-2H3,(H,19,22)(H,20,21). The number of hydrogen-bond acceptors (Lipinski definition) is 4. The summed E-state index contributed by atoms with van der Waals surface area (Å²) < 4.78 is 9.97. The molecule has 0 unspecified atom stereocenters. The number of rotatable bonds is 7. The van der Waals surface area contributed by atoms with Gasteiger partial charge in [0, 0.05) is 19.2 Å². The fraction of sp³-hybridized carbons (Fsp3) is 0.222. The molecule has 0 radical (unpaired) electrons. The Morgan fingerprint density at radius 3 is 2.33 bits per heavy atom. The molecule has 0 fully saturated rings. The molecular formula is C18H20N2O4. The SMILES string of the molecule is COCCNC(=O)c1ccccc1NC(=O)c1ccc(OC)cc1. The van der Waals surface area contributed by atoms with Gasteiger partial charge in [-0.25, -0.2) is 0 Å². The average molecular weight is 328 g/mol. The first kappa shape index (κ1) is 17.5. The molecule has 0 aliphatic carbocycles. The van der Waals surface area contributed by atoms with Gasteiger partial charge in [0.2, 0.25) is 0 Å². The zero-order chi connectivity index (χ0) is 17.4. The first-order valence-electron chi connectivity index (χ1n) is 7.47. The molecule has 2 N–H and O–H groups in total. The Labute approximate surface area is 140 Å². The van der Waals surface area contributed by atoms with E-state index < -0.39 is 0 Å². The van der Waals surface area contributed by atoms with Gasteiger partial charge >= 0.3 is 0 Å². The third-order valence-corrected chi connectivity index (χ3v) is 3.36. The molecular weight excluding hydrogens is 308 g/mol. The lowest BCUT2D eigenvalue weighted by Gasteiger charge is -2.11. The fourth-order valence-electron chi connectivity index (χ4n) is 2.09. The number of carbonyl (C=O) groups is 2. The number of para-hydroxylation sites is 1. The van der Waals surface area contributed by atoms with Crippen molar-refractivity contribution in [2.75, 3.05) is 32.7 Å². The summed E-state index contributed by atoms with van der Waals surface area (Å²) in [7, 11) is 3.13. The van der Waals surface area contributed by atoms with Crippen molar-refractivity contribution in [1.82, 2.24) is 5.32 Å². The smallest absolute Gasteiger partial charge is 0.255 e. The molecule has 6 nitrogen and oxygen atoms in total. The molecule has 6 heteroatoms. The van der Waals surface area contributed by atoms with E-state index in [1.807, 2.05) is 0 Å². The van der Waals surface area contributed by atoms with Crippen molar-refractivity contribution in [1.29, 1.82) is 0 Å². The second-order valence-corrected chi connectivity index (χ2v) is 4.98. The first-order chi connectivity index (χ1) is 11.7. The monoisotopic (exact) mass is 328 g/mol. The highest BCUT2D eigenvalue weighted by atomic mass is 16.5. The summed E-state index contributed by atoms with van der Waals surface area (Å²) in [6.07, 6.45) is 0. The van der Waals surface area contributed by atoms with Gasteiger partial charge < -0.3 is 20.1 Å². The van der Waals surface area contributed by atoms with Gasteiger partial charge in [0.05, 0.1) is 25.0 Å². The predicted molar refractivity (Wildman–Crippen MR) is 91.6 cm³/mol. The molecule has 0 aromatic heterocycles. The molecule has 2 aromatic carbocycles. The Morgan fingerprint density at radius 1 is 0.958 bits per heavy atom. The Kier molecular flexibility index (Phi) is 6.33. The average Bonchev–Trinajstić information content (AvgIpc) is 2.62. The summed E-state index contributed by atoms with van der Waals surface area (Å²) in [5.74, 6) is 0.108. The van der Waals surface area contributed by atoms with Crippen molar-refractivity contribution in [2.24, 2.45) is 0 Å². The van der Waals surface area contributed by atoms with Gasteiger partial charge in [-0.05, 0) is 36.4 Å². The number of nitrogens with one attached hydrogen (secondary N) is 2. The normalized spacial score (nSPS) is 10.1. The molecule has 0 saturated heterocycles. The van der Waals surface area contributed by atoms with Crippen molar-refractivity contribution < 1.29 is 19.1 Å². The minimum absolute atomic E-state index is 0.266. The van der Waals surface area contributed by atoms with Gasteiger partial charge in [0.1, 0.15) is 5.75 Å². The summed E-state index contributed by atoms with van der Waals surface area (Å²) in [5, 5.41) is 5.50. The van der Waals surface area contributed by atoms with Crippen LogP contribution < -0.4 is 15.4 Å². The van der Waals surface area contributed by atoms with Crippen molar-refractivity contribution in [3.8, 4) is 5.75 Å². The lowest BCUT2D eigenvalue weighted by Crippen LogP contribution is -2.28. The maximum atomic E-state index is 12.3. The van der Waals surface area contributed by atoms with Crippen molar-refractivity contribution in [2.45, 2.75) is 0 Å². The Hall–Kier alpha value is -2.86. The molecule has 126 valence electrons. The molecule has 0 heterocycles. The molecule has 2 rings (SSSR count). The second-order valence-electron chi connectivity index (χ2n) is 4.98. The van der Waals surface area contributed by atoms with Gasteiger partial charge in [-0.2, -0.15) is 0 Å². The Balaban J connectivity index is 2.11. The maximum Gasteiger partial charge on any atom is 0.255 e. The van der Waals surface area contributed by atoms with E-state index in [2.05, 4.69) is 10.6 Å². The summed E-state index contributed by atoms with van der Waals surface area (Å²) in [4.78, 5) is 24.6. The van der Waals surface area contributed by atoms with Gasteiger partial charge in [-0.15, -0.1) is 0 Å². The van der Waals surface area contributed by atoms with Crippen LogP contribution in [0.3, 0.4) is 0 Å². The molecule has 2 aromatic rings.